The average Bonchev–Trinajstić information content (AvgIpc) is 3.32. The van der Waals surface area contributed by atoms with Gasteiger partial charge in [-0.05, 0) is 36.9 Å². The summed E-state index contributed by atoms with van der Waals surface area (Å²) in [7, 11) is 3.13. The molecule has 1 atom stereocenters. The van der Waals surface area contributed by atoms with Crippen molar-refractivity contribution < 1.29 is 9.47 Å². The van der Waals surface area contributed by atoms with Crippen LogP contribution in [0.3, 0.4) is 0 Å². The first kappa shape index (κ1) is 17.1. The lowest BCUT2D eigenvalue weighted by Gasteiger charge is -2.23. The van der Waals surface area contributed by atoms with Crippen molar-refractivity contribution in [3.05, 3.63) is 50.7 Å². The van der Waals surface area contributed by atoms with Gasteiger partial charge in [0.1, 0.15) is 5.82 Å². The van der Waals surface area contributed by atoms with Crippen molar-refractivity contribution in [1.29, 1.82) is 0 Å². The van der Waals surface area contributed by atoms with Crippen molar-refractivity contribution in [3.8, 4) is 11.5 Å². The quantitative estimate of drug-likeness (QED) is 0.745. The number of thiophene rings is 1. The lowest BCUT2D eigenvalue weighted by Crippen LogP contribution is -2.25. The van der Waals surface area contributed by atoms with Gasteiger partial charge in [-0.1, -0.05) is 6.07 Å². The van der Waals surface area contributed by atoms with Gasteiger partial charge in [0.05, 0.1) is 31.7 Å². The minimum absolute atomic E-state index is 0.155. The third-order valence-electron chi connectivity index (χ3n) is 4.85. The molecule has 2 aromatic heterocycles. The summed E-state index contributed by atoms with van der Waals surface area (Å²) in [4.78, 5) is 23.9. The molecule has 1 unspecified atom stereocenters. The molecule has 26 heavy (non-hydrogen) atoms. The molecule has 1 fully saturated rings. The molecule has 0 saturated carbocycles. The molecule has 0 spiro atoms. The normalized spacial score (nSPS) is 17.7. The maximum absolute atomic E-state index is 12.5. The first-order valence-electron chi connectivity index (χ1n) is 8.62. The van der Waals surface area contributed by atoms with Gasteiger partial charge in [-0.3, -0.25) is 9.69 Å². The molecule has 4 rings (SSSR count). The standard InChI is InChI=1S/C19H21N3O3S/c1-24-15-9-12-13(10-16(15)25-2)20-18(21-19(12)23)11-22-7-3-5-14(22)17-6-4-8-26-17/h4,6,8-10,14H,3,5,7,11H2,1-2H3,(H,20,21,23). The molecule has 1 aromatic carbocycles. The van der Waals surface area contributed by atoms with Crippen LogP contribution in [-0.2, 0) is 6.54 Å². The van der Waals surface area contributed by atoms with Crippen LogP contribution in [0.2, 0.25) is 0 Å². The summed E-state index contributed by atoms with van der Waals surface area (Å²) in [5.41, 5.74) is 0.464. The molecule has 0 bridgehead atoms. The summed E-state index contributed by atoms with van der Waals surface area (Å²) in [6.07, 6.45) is 2.30. The Hall–Kier alpha value is -2.38. The fraction of sp³-hybridized carbons (Fsp3) is 0.368. The Labute approximate surface area is 155 Å². The van der Waals surface area contributed by atoms with E-state index in [1.54, 1.807) is 37.7 Å². The number of hydrogen-bond donors (Lipinski definition) is 1. The molecular weight excluding hydrogens is 350 g/mol. The fourth-order valence-electron chi connectivity index (χ4n) is 3.60. The molecule has 1 aliphatic heterocycles. The summed E-state index contributed by atoms with van der Waals surface area (Å²) >= 11 is 1.78. The smallest absolute Gasteiger partial charge is 0.258 e. The van der Waals surface area contributed by atoms with E-state index in [1.807, 2.05) is 0 Å². The molecule has 7 heteroatoms. The van der Waals surface area contributed by atoms with E-state index in [0.29, 0.717) is 40.8 Å². The van der Waals surface area contributed by atoms with Gasteiger partial charge in [0.2, 0.25) is 0 Å². The predicted molar refractivity (Wildman–Crippen MR) is 102 cm³/mol. The van der Waals surface area contributed by atoms with Crippen LogP contribution in [0.1, 0.15) is 29.6 Å². The number of methoxy groups -OCH3 is 2. The third-order valence-corrected chi connectivity index (χ3v) is 5.82. The number of nitrogens with zero attached hydrogens (tertiary/aromatic N) is 2. The van der Waals surface area contributed by atoms with Crippen molar-refractivity contribution >= 4 is 22.2 Å². The van der Waals surface area contributed by atoms with Gasteiger partial charge in [-0.15, -0.1) is 11.3 Å². The molecule has 0 radical (unpaired) electrons. The minimum Gasteiger partial charge on any atom is -0.493 e. The minimum atomic E-state index is -0.155. The summed E-state index contributed by atoms with van der Waals surface area (Å²) < 4.78 is 10.6. The Morgan fingerprint density at radius 3 is 2.85 bits per heavy atom. The SMILES string of the molecule is COc1cc2nc(CN3CCCC3c3cccs3)[nH]c(=O)c2cc1OC. The van der Waals surface area contributed by atoms with Crippen LogP contribution in [0.25, 0.3) is 10.9 Å². The van der Waals surface area contributed by atoms with Crippen LogP contribution < -0.4 is 15.0 Å². The molecule has 0 aliphatic carbocycles. The Kier molecular flexibility index (Phi) is 4.65. The molecule has 3 aromatic rings. The van der Waals surface area contributed by atoms with Crippen molar-refractivity contribution in [2.45, 2.75) is 25.4 Å². The Morgan fingerprint density at radius 1 is 1.31 bits per heavy atom. The van der Waals surface area contributed by atoms with Crippen molar-refractivity contribution in [2.75, 3.05) is 20.8 Å². The number of H-pyrrole nitrogens is 1. The second kappa shape index (κ2) is 7.09. The zero-order valence-electron chi connectivity index (χ0n) is 14.8. The number of aromatic nitrogens is 2. The fourth-order valence-corrected chi connectivity index (χ4v) is 4.50. The highest BCUT2D eigenvalue weighted by molar-refractivity contribution is 7.10. The monoisotopic (exact) mass is 371 g/mol. The van der Waals surface area contributed by atoms with E-state index in [4.69, 9.17) is 9.47 Å². The first-order valence-corrected chi connectivity index (χ1v) is 9.50. The molecule has 1 aliphatic rings. The maximum atomic E-state index is 12.5. The highest BCUT2D eigenvalue weighted by atomic mass is 32.1. The zero-order chi connectivity index (χ0) is 18.1. The highest BCUT2D eigenvalue weighted by Crippen LogP contribution is 2.35. The van der Waals surface area contributed by atoms with Gasteiger partial charge >= 0.3 is 0 Å². The molecular formula is C19H21N3O3S. The molecule has 1 N–H and O–H groups in total. The molecule has 1 saturated heterocycles. The van der Waals surface area contributed by atoms with Gasteiger partial charge in [-0.25, -0.2) is 4.98 Å². The Balaban J connectivity index is 1.67. The number of hydrogen-bond acceptors (Lipinski definition) is 6. The largest absolute Gasteiger partial charge is 0.493 e. The van der Waals surface area contributed by atoms with E-state index >= 15 is 0 Å². The average molecular weight is 371 g/mol. The Bertz CT molecular complexity index is 968. The number of ether oxygens (including phenoxy) is 2. The number of fused-ring (bicyclic) bond motifs is 1. The predicted octanol–water partition coefficient (Wildman–Crippen LogP) is 3.34. The molecule has 136 valence electrons. The van der Waals surface area contributed by atoms with E-state index in [-0.39, 0.29) is 5.56 Å². The van der Waals surface area contributed by atoms with E-state index in [9.17, 15) is 4.79 Å². The lowest BCUT2D eigenvalue weighted by molar-refractivity contribution is 0.245. The molecule has 6 nitrogen and oxygen atoms in total. The Morgan fingerprint density at radius 2 is 2.12 bits per heavy atom. The van der Waals surface area contributed by atoms with Gasteiger partial charge in [0.25, 0.3) is 5.56 Å². The molecule has 3 heterocycles. The number of likely N-dealkylation sites (tertiary alicyclic amines) is 1. The maximum Gasteiger partial charge on any atom is 0.258 e. The van der Waals surface area contributed by atoms with Crippen molar-refractivity contribution in [3.63, 3.8) is 0 Å². The van der Waals surface area contributed by atoms with E-state index in [0.717, 1.165) is 19.4 Å². The molecule has 0 amide bonds. The van der Waals surface area contributed by atoms with E-state index in [1.165, 1.54) is 4.88 Å². The van der Waals surface area contributed by atoms with Crippen LogP contribution in [0.4, 0.5) is 0 Å². The van der Waals surface area contributed by atoms with Gasteiger partial charge in [0.15, 0.2) is 11.5 Å². The topological polar surface area (TPSA) is 67.5 Å². The highest BCUT2D eigenvalue weighted by Gasteiger charge is 2.27. The lowest BCUT2D eigenvalue weighted by atomic mass is 10.2. The number of benzene rings is 1. The van der Waals surface area contributed by atoms with Crippen LogP contribution in [0, 0.1) is 0 Å². The van der Waals surface area contributed by atoms with Crippen LogP contribution in [0.5, 0.6) is 11.5 Å². The summed E-state index contributed by atoms with van der Waals surface area (Å²) in [5, 5.41) is 2.62. The number of aromatic amines is 1. The summed E-state index contributed by atoms with van der Waals surface area (Å²) in [6.45, 7) is 1.64. The summed E-state index contributed by atoms with van der Waals surface area (Å²) in [5.74, 6) is 1.78. The second-order valence-corrected chi connectivity index (χ2v) is 7.36. The van der Waals surface area contributed by atoms with Gasteiger partial charge < -0.3 is 14.5 Å². The number of nitrogens with one attached hydrogen (secondary N) is 1. The zero-order valence-corrected chi connectivity index (χ0v) is 15.6. The first-order chi connectivity index (χ1) is 12.7. The second-order valence-electron chi connectivity index (χ2n) is 6.38. The van der Waals surface area contributed by atoms with E-state index < -0.39 is 0 Å². The van der Waals surface area contributed by atoms with Gasteiger partial charge in [-0.2, -0.15) is 0 Å². The van der Waals surface area contributed by atoms with E-state index in [2.05, 4.69) is 32.4 Å². The third kappa shape index (κ3) is 3.08. The van der Waals surface area contributed by atoms with Crippen LogP contribution >= 0.6 is 11.3 Å². The van der Waals surface area contributed by atoms with Crippen molar-refractivity contribution in [1.82, 2.24) is 14.9 Å². The van der Waals surface area contributed by atoms with Crippen LogP contribution in [0.15, 0.2) is 34.4 Å². The number of rotatable bonds is 5. The van der Waals surface area contributed by atoms with Gasteiger partial charge in [0, 0.05) is 17.0 Å². The van der Waals surface area contributed by atoms with Crippen molar-refractivity contribution in [2.24, 2.45) is 0 Å². The van der Waals surface area contributed by atoms with Crippen LogP contribution in [-0.4, -0.2) is 35.6 Å². The summed E-state index contributed by atoms with van der Waals surface area (Å²) in [6, 6.07) is 8.11.